The van der Waals surface area contributed by atoms with Crippen LogP contribution in [-0.2, 0) is 25.2 Å². The smallest absolute Gasteiger partial charge is 0.330 e. The molecule has 43 heavy (non-hydrogen) atoms. The molecule has 3 heterocycles. The maximum absolute atomic E-state index is 13.0. The number of nitrogens with zero attached hydrogens (tertiary/aromatic N) is 1. The molecule has 2 aliphatic heterocycles. The summed E-state index contributed by atoms with van der Waals surface area (Å²) in [5.41, 5.74) is -0.537. The number of aryl methyl sites for hydroxylation is 1. The summed E-state index contributed by atoms with van der Waals surface area (Å²) in [6.45, 7) is 9.16. The van der Waals surface area contributed by atoms with Gasteiger partial charge in [-0.1, -0.05) is 112 Å². The minimum Gasteiger partial charge on any atom is -0.404 e. The largest absolute Gasteiger partial charge is 0.404 e. The first-order valence-electron chi connectivity index (χ1n) is 14.7. The summed E-state index contributed by atoms with van der Waals surface area (Å²) in [7, 11) is -2.91. The number of fused-ring (bicyclic) bond motifs is 2. The third-order valence-electron chi connectivity index (χ3n) is 8.62. The van der Waals surface area contributed by atoms with Crippen LogP contribution >= 0.6 is 0 Å². The van der Waals surface area contributed by atoms with Crippen LogP contribution in [0.15, 0.2) is 107 Å². The van der Waals surface area contributed by atoms with Crippen LogP contribution in [0.4, 0.5) is 0 Å². The van der Waals surface area contributed by atoms with Crippen molar-refractivity contribution in [1.29, 1.82) is 0 Å². The predicted octanol–water partition coefficient (Wildman–Crippen LogP) is 3.67. The van der Waals surface area contributed by atoms with Crippen molar-refractivity contribution in [2.45, 2.75) is 63.4 Å². The highest BCUT2D eigenvalue weighted by Gasteiger charge is 2.64. The lowest BCUT2D eigenvalue weighted by molar-refractivity contribution is -0.187. The Bertz CT molecular complexity index is 1630. The fraction of sp³-hybridized carbons (Fsp3) is 0.353. The van der Waals surface area contributed by atoms with Gasteiger partial charge in [0.05, 0.1) is 19.8 Å². The fourth-order valence-corrected chi connectivity index (χ4v) is 11.1. The van der Waals surface area contributed by atoms with E-state index in [0.29, 0.717) is 12.2 Å². The number of benzene rings is 3. The quantitative estimate of drug-likeness (QED) is 0.296. The first kappa shape index (κ1) is 29.5. The normalized spacial score (nSPS) is 23.5. The summed E-state index contributed by atoms with van der Waals surface area (Å²) in [6, 6.07) is 30.8. The molecule has 1 aromatic heterocycles. The molecule has 4 aromatic rings. The van der Waals surface area contributed by atoms with Crippen molar-refractivity contribution in [2.24, 2.45) is 0 Å². The molecule has 0 aliphatic carbocycles. The molecule has 2 unspecified atom stereocenters. The van der Waals surface area contributed by atoms with Crippen molar-refractivity contribution in [2.75, 3.05) is 13.2 Å². The van der Waals surface area contributed by atoms with E-state index in [4.69, 9.17) is 18.6 Å². The average molecular weight is 599 g/mol. The van der Waals surface area contributed by atoms with Crippen LogP contribution < -0.4 is 21.6 Å². The van der Waals surface area contributed by atoms with Gasteiger partial charge in [-0.15, -0.1) is 0 Å². The zero-order chi connectivity index (χ0) is 30.2. The van der Waals surface area contributed by atoms with Gasteiger partial charge in [0.1, 0.15) is 17.8 Å². The van der Waals surface area contributed by atoms with E-state index in [0.717, 1.165) is 15.9 Å². The van der Waals surface area contributed by atoms with Crippen LogP contribution in [0, 0.1) is 6.92 Å². The predicted molar refractivity (Wildman–Crippen MR) is 167 cm³/mol. The number of aromatic amines is 1. The molecule has 0 spiro atoms. The third-order valence-corrected chi connectivity index (χ3v) is 13.6. The van der Waals surface area contributed by atoms with Crippen molar-refractivity contribution in [3.63, 3.8) is 0 Å². The van der Waals surface area contributed by atoms with Gasteiger partial charge in [-0.05, 0) is 27.9 Å². The molecule has 224 valence electrons. The van der Waals surface area contributed by atoms with Gasteiger partial charge in [0.2, 0.25) is 0 Å². The van der Waals surface area contributed by atoms with Crippen molar-refractivity contribution in [3.05, 3.63) is 129 Å². The van der Waals surface area contributed by atoms with E-state index in [-0.39, 0.29) is 18.3 Å². The van der Waals surface area contributed by atoms with Gasteiger partial charge in [0.15, 0.2) is 6.23 Å². The monoisotopic (exact) mass is 598 g/mol. The summed E-state index contributed by atoms with van der Waals surface area (Å²) in [4.78, 5) is 27.5. The summed E-state index contributed by atoms with van der Waals surface area (Å²) in [5.74, 6) is 0. The standard InChI is InChI=1S/C34H38N2O6Si/c1-24-20-36(32(38)35-30(24)37)31-28-29(39-21-25-14-8-5-9-15-25)34(42-31,22-40-28)23-41-43(33(2,3)4,26-16-10-6-11-17-26)27-18-12-7-13-19-27/h5-20,28-29,31H,21-23H2,1-4H3,(H,35,37,38)/t28?,29?,31-,34-/m1/s1. The second-order valence-corrected chi connectivity index (χ2v) is 16.8. The highest BCUT2D eigenvalue weighted by molar-refractivity contribution is 6.99. The third kappa shape index (κ3) is 5.25. The van der Waals surface area contributed by atoms with E-state index in [1.807, 2.05) is 42.5 Å². The summed E-state index contributed by atoms with van der Waals surface area (Å²) in [5, 5.41) is 2.07. The maximum atomic E-state index is 13.0. The van der Waals surface area contributed by atoms with Crippen LogP contribution in [-0.4, -0.2) is 48.9 Å². The van der Waals surface area contributed by atoms with Gasteiger partial charge < -0.3 is 18.6 Å². The molecule has 6 rings (SSSR count). The van der Waals surface area contributed by atoms with Crippen LogP contribution in [0.3, 0.4) is 0 Å². The molecule has 3 aromatic carbocycles. The van der Waals surface area contributed by atoms with E-state index in [1.54, 1.807) is 6.92 Å². The number of nitrogens with one attached hydrogen (secondary N) is 1. The Balaban J connectivity index is 1.41. The molecule has 9 heteroatoms. The van der Waals surface area contributed by atoms with Gasteiger partial charge in [-0.2, -0.15) is 0 Å². The van der Waals surface area contributed by atoms with Gasteiger partial charge in [-0.3, -0.25) is 14.3 Å². The van der Waals surface area contributed by atoms with Crippen LogP contribution in [0.1, 0.15) is 38.1 Å². The molecule has 8 nitrogen and oxygen atoms in total. The van der Waals surface area contributed by atoms with Crippen LogP contribution in [0.5, 0.6) is 0 Å². The molecular formula is C34H38N2O6Si. The summed E-state index contributed by atoms with van der Waals surface area (Å²) >= 11 is 0. The minimum atomic E-state index is -2.91. The van der Waals surface area contributed by atoms with Crippen molar-refractivity contribution in [3.8, 4) is 0 Å². The van der Waals surface area contributed by atoms with Gasteiger partial charge in [0, 0.05) is 11.8 Å². The minimum absolute atomic E-state index is 0.198. The van der Waals surface area contributed by atoms with E-state index >= 15 is 0 Å². The second kappa shape index (κ2) is 11.5. The topological polar surface area (TPSA) is 91.8 Å². The van der Waals surface area contributed by atoms with E-state index in [9.17, 15) is 9.59 Å². The fourth-order valence-electron chi connectivity index (χ4n) is 6.49. The highest BCUT2D eigenvalue weighted by Crippen LogP contribution is 2.48. The Labute approximate surface area is 252 Å². The molecule has 0 amide bonds. The molecule has 1 N–H and O–H groups in total. The van der Waals surface area contributed by atoms with Crippen LogP contribution in [0.2, 0.25) is 5.04 Å². The molecular weight excluding hydrogens is 560 g/mol. The molecule has 0 saturated carbocycles. The Morgan fingerprint density at radius 1 is 0.930 bits per heavy atom. The number of H-pyrrole nitrogens is 1. The Morgan fingerprint density at radius 2 is 1.51 bits per heavy atom. The summed E-state index contributed by atoms with van der Waals surface area (Å²) in [6.07, 6.45) is -0.356. The molecule has 2 fully saturated rings. The zero-order valence-electron chi connectivity index (χ0n) is 25.0. The number of hydrogen-bond acceptors (Lipinski definition) is 6. The SMILES string of the molecule is Cc1cn([C@@H]2O[C@@]3(CO[Si](c4ccccc4)(c4ccccc4)C(C)(C)C)COC2C3OCc2ccccc2)c(=O)[nH]c1=O. The lowest BCUT2D eigenvalue weighted by atomic mass is 10.00. The van der Waals surface area contributed by atoms with Crippen molar-refractivity contribution < 1.29 is 18.6 Å². The number of aromatic nitrogens is 2. The van der Waals surface area contributed by atoms with Gasteiger partial charge >= 0.3 is 5.69 Å². The number of rotatable bonds is 9. The second-order valence-electron chi connectivity index (χ2n) is 12.5. The van der Waals surface area contributed by atoms with Crippen molar-refractivity contribution >= 4 is 18.7 Å². The lowest BCUT2D eigenvalue weighted by Gasteiger charge is -2.45. The van der Waals surface area contributed by atoms with Gasteiger partial charge in [0.25, 0.3) is 13.9 Å². The van der Waals surface area contributed by atoms with Crippen molar-refractivity contribution in [1.82, 2.24) is 9.55 Å². The Morgan fingerprint density at radius 3 is 2.09 bits per heavy atom. The molecule has 0 radical (unpaired) electrons. The Hall–Kier alpha value is -3.60. The average Bonchev–Trinajstić information content (AvgIpc) is 3.51. The first-order valence-corrected chi connectivity index (χ1v) is 16.6. The van der Waals surface area contributed by atoms with E-state index in [1.165, 1.54) is 10.8 Å². The van der Waals surface area contributed by atoms with E-state index in [2.05, 4.69) is 74.3 Å². The van der Waals surface area contributed by atoms with Gasteiger partial charge in [-0.25, -0.2) is 4.79 Å². The maximum Gasteiger partial charge on any atom is 0.330 e. The first-order chi connectivity index (χ1) is 20.6. The molecule has 2 bridgehead atoms. The zero-order valence-corrected chi connectivity index (χ0v) is 26.0. The van der Waals surface area contributed by atoms with Crippen LogP contribution in [0.25, 0.3) is 0 Å². The highest BCUT2D eigenvalue weighted by atomic mass is 28.4. The lowest BCUT2D eigenvalue weighted by Crippen LogP contribution is -2.68. The molecule has 2 saturated heterocycles. The number of ether oxygens (including phenoxy) is 3. The molecule has 4 atom stereocenters. The Kier molecular flexibility index (Phi) is 7.87. The molecule has 2 aliphatic rings. The van der Waals surface area contributed by atoms with E-state index < -0.39 is 43.6 Å². The number of hydrogen-bond donors (Lipinski definition) is 1. The summed E-state index contributed by atoms with van der Waals surface area (Å²) < 4.78 is 28.4.